The van der Waals surface area contributed by atoms with Gasteiger partial charge in [0.1, 0.15) is 0 Å². The second-order valence-electron chi connectivity index (χ2n) is 25.0. The van der Waals surface area contributed by atoms with Crippen molar-refractivity contribution in [3.8, 4) is 61.3 Å². The quantitative estimate of drug-likeness (QED) is 0.147. The number of hydrogen-bond donors (Lipinski definition) is 0. The maximum atomic E-state index is 2.60. The van der Waals surface area contributed by atoms with E-state index in [0.717, 1.165) is 46.7 Å². The number of rotatable bonds is 8. The predicted molar refractivity (Wildman–Crippen MR) is 352 cm³/mol. The van der Waals surface area contributed by atoms with Gasteiger partial charge >= 0.3 is 0 Å². The Bertz CT molecular complexity index is 4580. The second kappa shape index (κ2) is 19.3. The van der Waals surface area contributed by atoms with Crippen LogP contribution >= 0.6 is 0 Å². The predicted octanol–water partition coefficient (Wildman–Crippen LogP) is 21.9. The Morgan fingerprint density at radius 1 is 0.386 bits per heavy atom. The average Bonchev–Trinajstić information content (AvgIpc) is 2.21. The van der Waals surface area contributed by atoms with Crippen molar-refractivity contribution in [3.05, 3.63) is 306 Å². The van der Waals surface area contributed by atoms with Crippen LogP contribution < -0.4 is 4.90 Å². The highest BCUT2D eigenvalue weighted by molar-refractivity contribution is 6.16. The fourth-order valence-electron chi connectivity index (χ4n) is 14.3. The SMILES string of the molecule is CC(C)(C)c1ccc2c(c1)C1(c3cc(C(C)(C)C)ccc3-2)c2ccccc2-c2c(N(c3cccc(-c4cccc5c4c4ccccc4n5-c4ccccc4)c3)c3ccccc3-c3ccccc3-c3ccccc3C3=CCCC=C3)cccc21. The third kappa shape index (κ3) is 7.91. The molecule has 1 spiro atoms. The van der Waals surface area contributed by atoms with Gasteiger partial charge in [-0.1, -0.05) is 260 Å². The number of fused-ring (bicyclic) bond motifs is 13. The number of allylic oxidation sites excluding steroid dienone is 4. The summed E-state index contributed by atoms with van der Waals surface area (Å²) in [5.41, 5.74) is 29.0. The summed E-state index contributed by atoms with van der Waals surface area (Å²) in [6, 6.07) is 94.3. The molecule has 400 valence electrons. The summed E-state index contributed by atoms with van der Waals surface area (Å²) in [6.45, 7) is 14.1. The molecule has 15 rings (SSSR count). The first-order valence-electron chi connectivity index (χ1n) is 29.7. The van der Waals surface area contributed by atoms with E-state index in [-0.39, 0.29) is 10.8 Å². The zero-order chi connectivity index (χ0) is 56.2. The molecule has 2 heteroatoms. The van der Waals surface area contributed by atoms with Crippen molar-refractivity contribution >= 4 is 44.4 Å². The van der Waals surface area contributed by atoms with Crippen molar-refractivity contribution in [2.45, 2.75) is 70.6 Å². The van der Waals surface area contributed by atoms with Crippen LogP contribution in [0.2, 0.25) is 0 Å². The number of aromatic nitrogens is 1. The molecule has 3 aliphatic rings. The van der Waals surface area contributed by atoms with Gasteiger partial charge in [0, 0.05) is 33.3 Å². The van der Waals surface area contributed by atoms with E-state index in [9.17, 15) is 0 Å². The zero-order valence-electron chi connectivity index (χ0n) is 48.2. The highest BCUT2D eigenvalue weighted by atomic mass is 15.1. The molecule has 0 aliphatic heterocycles. The van der Waals surface area contributed by atoms with E-state index in [1.54, 1.807) is 0 Å². The molecule has 2 nitrogen and oxygen atoms in total. The monoisotopic (exact) mass is 1070 g/mol. The average molecular weight is 1070 g/mol. The second-order valence-corrected chi connectivity index (χ2v) is 25.0. The molecule has 3 aliphatic carbocycles. The molecule has 83 heavy (non-hydrogen) atoms. The molecule has 0 fully saturated rings. The van der Waals surface area contributed by atoms with Crippen molar-refractivity contribution in [2.75, 3.05) is 4.90 Å². The number of hydrogen-bond acceptors (Lipinski definition) is 1. The van der Waals surface area contributed by atoms with E-state index in [4.69, 9.17) is 0 Å². The molecule has 0 atom stereocenters. The highest BCUT2D eigenvalue weighted by Crippen LogP contribution is 2.66. The summed E-state index contributed by atoms with van der Waals surface area (Å²) >= 11 is 0. The zero-order valence-corrected chi connectivity index (χ0v) is 48.2. The lowest BCUT2D eigenvalue weighted by atomic mass is 9.69. The molecule has 11 aromatic carbocycles. The minimum Gasteiger partial charge on any atom is -0.309 e. The number of anilines is 3. The smallest absolute Gasteiger partial charge is 0.0726 e. The van der Waals surface area contributed by atoms with Crippen molar-refractivity contribution in [2.24, 2.45) is 0 Å². The molecular formula is C81H66N2. The largest absolute Gasteiger partial charge is 0.309 e. The summed E-state index contributed by atoms with van der Waals surface area (Å²) in [5, 5.41) is 2.47. The molecule has 1 heterocycles. The topological polar surface area (TPSA) is 8.17 Å². The van der Waals surface area contributed by atoms with Crippen LogP contribution in [0.4, 0.5) is 17.1 Å². The summed E-state index contributed by atoms with van der Waals surface area (Å²) < 4.78 is 2.42. The van der Waals surface area contributed by atoms with Crippen molar-refractivity contribution in [3.63, 3.8) is 0 Å². The Kier molecular flexibility index (Phi) is 11.7. The lowest BCUT2D eigenvalue weighted by molar-refractivity contribution is 0.586. The molecule has 0 radical (unpaired) electrons. The van der Waals surface area contributed by atoms with Crippen molar-refractivity contribution in [1.82, 2.24) is 4.57 Å². The number of benzene rings is 11. The number of nitrogens with zero attached hydrogens (tertiary/aromatic N) is 2. The van der Waals surface area contributed by atoms with Crippen LogP contribution in [0.1, 0.15) is 93.3 Å². The third-order valence-electron chi connectivity index (χ3n) is 18.2. The Labute approximate surface area is 489 Å². The van der Waals surface area contributed by atoms with Gasteiger partial charge in [-0.25, -0.2) is 0 Å². The molecule has 0 amide bonds. The van der Waals surface area contributed by atoms with Gasteiger partial charge in [0.15, 0.2) is 0 Å². The lowest BCUT2D eigenvalue weighted by Crippen LogP contribution is -2.27. The van der Waals surface area contributed by atoms with Crippen LogP contribution in [0.25, 0.3) is 88.7 Å². The number of para-hydroxylation sites is 3. The van der Waals surface area contributed by atoms with Crippen molar-refractivity contribution < 1.29 is 0 Å². The Morgan fingerprint density at radius 2 is 0.928 bits per heavy atom. The van der Waals surface area contributed by atoms with Gasteiger partial charge in [0.2, 0.25) is 0 Å². The van der Waals surface area contributed by atoms with E-state index in [0.29, 0.717) is 0 Å². The summed E-state index contributed by atoms with van der Waals surface area (Å²) in [5.74, 6) is 0. The standard InChI is InChI=1S/C81H66N2/c1-79(2,3)55-46-48-64-65-49-47-56(80(4,5)6)52-72(65)81(71(64)51-55)69-40-20-17-37-67(69)78-70(81)41-25-45-76(78)83(73-42-21-18-36-66(73)63-35-16-15-34-62(63)61-33-14-13-32-59(61)53-26-9-7-10-27-53)58-31-23-28-54(50-58)60-39-24-44-75-77(60)68-38-19-22-43-74(68)82(75)57-29-11-8-12-30-57/h8-9,11-52H,7,10H2,1-6H3. The Morgan fingerprint density at radius 3 is 1.63 bits per heavy atom. The van der Waals surface area contributed by atoms with Crippen LogP contribution in [0.5, 0.6) is 0 Å². The first kappa shape index (κ1) is 50.5. The molecule has 0 saturated heterocycles. The highest BCUT2D eigenvalue weighted by Gasteiger charge is 2.53. The van der Waals surface area contributed by atoms with Gasteiger partial charge < -0.3 is 9.47 Å². The van der Waals surface area contributed by atoms with Gasteiger partial charge in [-0.3, -0.25) is 0 Å². The lowest BCUT2D eigenvalue weighted by Gasteiger charge is -2.34. The van der Waals surface area contributed by atoms with Crippen LogP contribution in [0, 0.1) is 0 Å². The van der Waals surface area contributed by atoms with E-state index in [1.165, 1.54) is 111 Å². The van der Waals surface area contributed by atoms with Gasteiger partial charge in [0.05, 0.1) is 27.8 Å². The Balaban J connectivity index is 1.02. The van der Waals surface area contributed by atoms with Gasteiger partial charge in [-0.2, -0.15) is 0 Å². The molecule has 0 unspecified atom stereocenters. The minimum absolute atomic E-state index is 0.0580. The van der Waals surface area contributed by atoms with E-state index < -0.39 is 5.41 Å². The molecular weight excluding hydrogens is 1000 g/mol. The van der Waals surface area contributed by atoms with Crippen LogP contribution in [0.15, 0.2) is 267 Å². The summed E-state index contributed by atoms with van der Waals surface area (Å²) in [6.07, 6.45) is 9.14. The van der Waals surface area contributed by atoms with E-state index in [1.807, 2.05) is 0 Å². The van der Waals surface area contributed by atoms with E-state index in [2.05, 4.69) is 318 Å². The maximum Gasteiger partial charge on any atom is 0.0726 e. The molecule has 0 saturated carbocycles. The van der Waals surface area contributed by atoms with Gasteiger partial charge in [-0.05, 0) is 161 Å². The Hall–Kier alpha value is -9.50. The fraction of sp³-hybridized carbons (Fsp3) is 0.136. The molecule has 0 N–H and O–H groups in total. The minimum atomic E-state index is -0.580. The molecule has 0 bridgehead atoms. The first-order chi connectivity index (χ1) is 40.5. The van der Waals surface area contributed by atoms with E-state index >= 15 is 0 Å². The van der Waals surface area contributed by atoms with Crippen molar-refractivity contribution in [1.29, 1.82) is 0 Å². The van der Waals surface area contributed by atoms with Gasteiger partial charge in [-0.15, -0.1) is 0 Å². The normalized spacial score (nSPS) is 13.9. The molecule has 12 aromatic rings. The summed E-state index contributed by atoms with van der Waals surface area (Å²) in [7, 11) is 0. The fourth-order valence-corrected chi connectivity index (χ4v) is 14.3. The van der Waals surface area contributed by atoms with Crippen LogP contribution in [0.3, 0.4) is 0 Å². The van der Waals surface area contributed by atoms with Gasteiger partial charge in [0.25, 0.3) is 0 Å². The molecule has 1 aromatic heterocycles. The first-order valence-corrected chi connectivity index (χ1v) is 29.7. The third-order valence-corrected chi connectivity index (χ3v) is 18.2. The summed E-state index contributed by atoms with van der Waals surface area (Å²) in [4.78, 5) is 2.60. The van der Waals surface area contributed by atoms with Crippen LogP contribution in [-0.2, 0) is 16.2 Å². The van der Waals surface area contributed by atoms with Crippen LogP contribution in [-0.4, -0.2) is 4.57 Å². The maximum absolute atomic E-state index is 2.60.